The predicted molar refractivity (Wildman–Crippen MR) is 68.9 cm³/mol. The monoisotopic (exact) mass is 256 g/mol. The molecule has 94 valence electrons. The Kier molecular flexibility index (Phi) is 4.75. The van der Waals surface area contributed by atoms with Gasteiger partial charge in [-0.05, 0) is 25.0 Å². The fourth-order valence-electron chi connectivity index (χ4n) is 1.59. The van der Waals surface area contributed by atoms with E-state index in [1.165, 1.54) is 6.07 Å². The number of hydrogen-bond donors (Lipinski definition) is 1. The van der Waals surface area contributed by atoms with Crippen molar-refractivity contribution in [3.05, 3.63) is 22.8 Å². The number of rotatable bonds is 5. The molecular formula is C12H17ClN2O2. The van der Waals surface area contributed by atoms with E-state index < -0.39 is 5.97 Å². The van der Waals surface area contributed by atoms with Crippen molar-refractivity contribution in [3.63, 3.8) is 0 Å². The molecule has 17 heavy (non-hydrogen) atoms. The van der Waals surface area contributed by atoms with Crippen molar-refractivity contribution in [2.45, 2.75) is 20.8 Å². The minimum absolute atomic E-state index is 0.169. The standard InChI is InChI=1S/C12H17ClN2O2/c1-4-15(7-8(2)3)11-6-9(12(16)17)5-10(13)14-11/h5-6,8H,4,7H2,1-3H3,(H,16,17). The first-order valence-corrected chi connectivity index (χ1v) is 5.97. The lowest BCUT2D eigenvalue weighted by molar-refractivity contribution is 0.0697. The van der Waals surface area contributed by atoms with Crippen molar-refractivity contribution in [2.24, 2.45) is 5.92 Å². The molecule has 1 rings (SSSR count). The van der Waals surface area contributed by atoms with Gasteiger partial charge in [-0.25, -0.2) is 9.78 Å². The molecule has 1 heterocycles. The molecule has 0 amide bonds. The molecule has 1 aromatic rings. The first-order chi connectivity index (χ1) is 7.93. The molecule has 0 bridgehead atoms. The molecule has 0 aromatic carbocycles. The highest BCUT2D eigenvalue weighted by molar-refractivity contribution is 6.29. The SMILES string of the molecule is CCN(CC(C)C)c1cc(C(=O)O)cc(Cl)n1. The van der Waals surface area contributed by atoms with E-state index >= 15 is 0 Å². The summed E-state index contributed by atoms with van der Waals surface area (Å²) in [6.45, 7) is 7.80. The van der Waals surface area contributed by atoms with Crippen LogP contribution in [0.1, 0.15) is 31.1 Å². The minimum Gasteiger partial charge on any atom is -0.478 e. The summed E-state index contributed by atoms with van der Waals surface area (Å²) in [6, 6.07) is 2.91. The number of hydrogen-bond acceptors (Lipinski definition) is 3. The third-order valence-electron chi connectivity index (χ3n) is 2.32. The predicted octanol–water partition coefficient (Wildman–Crippen LogP) is 2.92. The van der Waals surface area contributed by atoms with Gasteiger partial charge in [-0.3, -0.25) is 0 Å². The van der Waals surface area contributed by atoms with Crippen molar-refractivity contribution >= 4 is 23.4 Å². The van der Waals surface area contributed by atoms with E-state index in [2.05, 4.69) is 18.8 Å². The molecule has 4 nitrogen and oxygen atoms in total. The summed E-state index contributed by atoms with van der Waals surface area (Å²) in [4.78, 5) is 17.1. The number of anilines is 1. The highest BCUT2D eigenvalue weighted by Gasteiger charge is 2.12. The number of aromatic nitrogens is 1. The average molecular weight is 257 g/mol. The van der Waals surface area contributed by atoms with Crippen LogP contribution in [-0.4, -0.2) is 29.1 Å². The van der Waals surface area contributed by atoms with Gasteiger partial charge in [0.2, 0.25) is 0 Å². The highest BCUT2D eigenvalue weighted by atomic mass is 35.5. The maximum Gasteiger partial charge on any atom is 0.335 e. The van der Waals surface area contributed by atoms with Gasteiger partial charge in [0.15, 0.2) is 0 Å². The smallest absolute Gasteiger partial charge is 0.335 e. The van der Waals surface area contributed by atoms with E-state index in [-0.39, 0.29) is 10.7 Å². The Morgan fingerprint density at radius 2 is 2.18 bits per heavy atom. The van der Waals surface area contributed by atoms with Crippen molar-refractivity contribution in [3.8, 4) is 0 Å². The average Bonchev–Trinajstić information content (AvgIpc) is 2.24. The molecule has 0 aliphatic carbocycles. The van der Waals surface area contributed by atoms with E-state index in [4.69, 9.17) is 16.7 Å². The van der Waals surface area contributed by atoms with Crippen LogP contribution >= 0.6 is 11.6 Å². The molecule has 0 unspecified atom stereocenters. The Labute approximate surface area is 106 Å². The Bertz CT molecular complexity index is 407. The second kappa shape index (κ2) is 5.87. The largest absolute Gasteiger partial charge is 0.478 e. The van der Waals surface area contributed by atoms with Crippen LogP contribution in [0.25, 0.3) is 0 Å². The number of carboxylic acids is 1. The molecule has 0 spiro atoms. The first kappa shape index (κ1) is 13.8. The van der Waals surface area contributed by atoms with Crippen LogP contribution in [0.2, 0.25) is 5.15 Å². The van der Waals surface area contributed by atoms with E-state index in [1.807, 2.05) is 11.8 Å². The lowest BCUT2D eigenvalue weighted by Crippen LogP contribution is -2.28. The van der Waals surface area contributed by atoms with Crippen LogP contribution in [0.15, 0.2) is 12.1 Å². The number of nitrogens with zero attached hydrogens (tertiary/aromatic N) is 2. The number of pyridine rings is 1. The van der Waals surface area contributed by atoms with Gasteiger partial charge in [0.25, 0.3) is 0 Å². The van der Waals surface area contributed by atoms with Crippen LogP contribution < -0.4 is 4.90 Å². The maximum absolute atomic E-state index is 10.9. The number of halogens is 1. The van der Waals surface area contributed by atoms with E-state index in [9.17, 15) is 4.79 Å². The van der Waals surface area contributed by atoms with Crippen molar-refractivity contribution in [1.29, 1.82) is 0 Å². The molecule has 0 radical (unpaired) electrons. The van der Waals surface area contributed by atoms with Crippen molar-refractivity contribution in [1.82, 2.24) is 4.98 Å². The molecule has 0 fully saturated rings. The molecule has 1 aromatic heterocycles. The van der Waals surface area contributed by atoms with Crippen LogP contribution in [0.3, 0.4) is 0 Å². The van der Waals surface area contributed by atoms with Crippen LogP contribution in [0.5, 0.6) is 0 Å². The Morgan fingerprint density at radius 3 is 2.65 bits per heavy atom. The molecule has 0 aliphatic rings. The van der Waals surface area contributed by atoms with Gasteiger partial charge in [0, 0.05) is 13.1 Å². The lowest BCUT2D eigenvalue weighted by Gasteiger charge is -2.24. The molecule has 5 heteroatoms. The normalized spacial score (nSPS) is 10.6. The van der Waals surface area contributed by atoms with Gasteiger partial charge in [0.05, 0.1) is 5.56 Å². The lowest BCUT2D eigenvalue weighted by atomic mass is 10.2. The number of aromatic carboxylic acids is 1. The molecule has 1 N–H and O–H groups in total. The molecule has 0 saturated carbocycles. The van der Waals surface area contributed by atoms with Crippen LogP contribution in [0, 0.1) is 5.92 Å². The highest BCUT2D eigenvalue weighted by Crippen LogP contribution is 2.19. The topological polar surface area (TPSA) is 53.4 Å². The molecule has 0 atom stereocenters. The minimum atomic E-state index is -0.990. The number of carboxylic acid groups (broad SMARTS) is 1. The van der Waals surface area contributed by atoms with Crippen molar-refractivity contribution < 1.29 is 9.90 Å². The summed E-state index contributed by atoms with van der Waals surface area (Å²) in [6.07, 6.45) is 0. The molecule has 0 saturated heterocycles. The van der Waals surface area contributed by atoms with Gasteiger partial charge in [-0.15, -0.1) is 0 Å². The third-order valence-corrected chi connectivity index (χ3v) is 2.51. The van der Waals surface area contributed by atoms with Gasteiger partial charge in [-0.1, -0.05) is 25.4 Å². The second-order valence-electron chi connectivity index (χ2n) is 4.27. The summed E-state index contributed by atoms with van der Waals surface area (Å²) in [7, 11) is 0. The maximum atomic E-state index is 10.9. The fraction of sp³-hybridized carbons (Fsp3) is 0.500. The zero-order valence-electron chi connectivity index (χ0n) is 10.3. The van der Waals surface area contributed by atoms with E-state index in [0.29, 0.717) is 11.7 Å². The van der Waals surface area contributed by atoms with Gasteiger partial charge >= 0.3 is 5.97 Å². The summed E-state index contributed by atoms with van der Waals surface area (Å²) in [5, 5.41) is 9.18. The summed E-state index contributed by atoms with van der Waals surface area (Å²) < 4.78 is 0. The zero-order valence-corrected chi connectivity index (χ0v) is 11.0. The Balaban J connectivity index is 3.06. The van der Waals surface area contributed by atoms with E-state index in [0.717, 1.165) is 13.1 Å². The van der Waals surface area contributed by atoms with Gasteiger partial charge in [-0.2, -0.15) is 0 Å². The Morgan fingerprint density at radius 1 is 1.53 bits per heavy atom. The number of carbonyl (C=O) groups is 1. The fourth-order valence-corrected chi connectivity index (χ4v) is 1.80. The zero-order chi connectivity index (χ0) is 13.0. The molecule has 0 aliphatic heterocycles. The second-order valence-corrected chi connectivity index (χ2v) is 4.66. The summed E-state index contributed by atoms with van der Waals surface area (Å²) in [5.41, 5.74) is 0.169. The van der Waals surface area contributed by atoms with Crippen molar-refractivity contribution in [2.75, 3.05) is 18.0 Å². The van der Waals surface area contributed by atoms with Gasteiger partial charge in [0.1, 0.15) is 11.0 Å². The van der Waals surface area contributed by atoms with Crippen LogP contribution in [0.4, 0.5) is 5.82 Å². The third kappa shape index (κ3) is 3.89. The molecular weight excluding hydrogens is 240 g/mol. The quantitative estimate of drug-likeness (QED) is 0.823. The first-order valence-electron chi connectivity index (χ1n) is 5.59. The summed E-state index contributed by atoms with van der Waals surface area (Å²) >= 11 is 5.83. The van der Waals surface area contributed by atoms with Crippen LogP contribution in [-0.2, 0) is 0 Å². The van der Waals surface area contributed by atoms with Gasteiger partial charge < -0.3 is 10.0 Å². The summed E-state index contributed by atoms with van der Waals surface area (Å²) in [5.74, 6) is 0.103. The van der Waals surface area contributed by atoms with E-state index in [1.54, 1.807) is 6.07 Å². The Hall–Kier alpha value is -1.29.